The van der Waals surface area contributed by atoms with Gasteiger partial charge in [-0.3, -0.25) is 0 Å². The van der Waals surface area contributed by atoms with E-state index in [1.54, 1.807) is 0 Å². The summed E-state index contributed by atoms with van der Waals surface area (Å²) in [6.45, 7) is -0.416. The lowest BCUT2D eigenvalue weighted by atomic mass is 10.2. The summed E-state index contributed by atoms with van der Waals surface area (Å²) in [4.78, 5) is 0.472. The molecule has 0 fully saturated rings. The molecule has 0 aliphatic rings. The zero-order chi connectivity index (χ0) is 16.2. The Morgan fingerprint density at radius 3 is 2.59 bits per heavy atom. The molecule has 0 spiro atoms. The molecule has 1 aromatic carbocycles. The van der Waals surface area contributed by atoms with Crippen molar-refractivity contribution in [2.75, 3.05) is 0 Å². The van der Waals surface area contributed by atoms with Crippen LogP contribution in [0.25, 0.3) is 0 Å². The third kappa shape index (κ3) is 3.95. The van der Waals surface area contributed by atoms with Crippen LogP contribution in [0.4, 0.5) is 13.2 Å². The molecule has 2 rings (SSSR count). The molecule has 0 unspecified atom stereocenters. The van der Waals surface area contributed by atoms with E-state index in [1.807, 2.05) is 0 Å². The van der Waals surface area contributed by atoms with E-state index in [1.165, 1.54) is 30.7 Å². The van der Waals surface area contributed by atoms with Gasteiger partial charge in [-0.1, -0.05) is 11.2 Å². The van der Waals surface area contributed by atoms with Crippen LogP contribution < -0.4 is 14.2 Å². The van der Waals surface area contributed by atoms with Gasteiger partial charge < -0.3 is 19.4 Å². The molecule has 10 heteroatoms. The van der Waals surface area contributed by atoms with Crippen LogP contribution >= 0.6 is 0 Å². The van der Waals surface area contributed by atoms with Gasteiger partial charge >= 0.3 is 6.36 Å². The lowest BCUT2D eigenvalue weighted by Crippen LogP contribution is -2.18. The van der Waals surface area contributed by atoms with E-state index in [2.05, 4.69) is 14.6 Å². The van der Waals surface area contributed by atoms with Crippen molar-refractivity contribution >= 4 is 0 Å². The Morgan fingerprint density at radius 2 is 2.00 bits per heavy atom. The van der Waals surface area contributed by atoms with Crippen molar-refractivity contribution in [2.45, 2.75) is 13.0 Å². The van der Waals surface area contributed by atoms with Crippen LogP contribution in [0.3, 0.4) is 0 Å². The third-order valence-corrected chi connectivity index (χ3v) is 2.39. The van der Waals surface area contributed by atoms with E-state index in [0.29, 0.717) is 4.85 Å². The predicted octanol–water partition coefficient (Wildman–Crippen LogP) is 2.46. The lowest BCUT2D eigenvalue weighted by Gasteiger charge is -2.15. The van der Waals surface area contributed by atoms with Gasteiger partial charge in [0.15, 0.2) is 5.75 Å². The van der Waals surface area contributed by atoms with Crippen LogP contribution in [0, 0.1) is 11.5 Å². The van der Waals surface area contributed by atoms with Crippen LogP contribution in [0.1, 0.15) is 5.56 Å². The van der Waals surface area contributed by atoms with Gasteiger partial charge in [-0.05, 0) is 12.1 Å². The Hall–Kier alpha value is -3.09. The van der Waals surface area contributed by atoms with E-state index < -0.39 is 18.7 Å². The fourth-order valence-corrected chi connectivity index (χ4v) is 1.57. The summed E-state index contributed by atoms with van der Waals surface area (Å²) in [6, 6.07) is 4.87. The van der Waals surface area contributed by atoms with Gasteiger partial charge in [0.25, 0.3) is 6.26 Å². The van der Waals surface area contributed by atoms with Crippen molar-refractivity contribution in [3.8, 4) is 23.6 Å². The quantitative estimate of drug-likeness (QED) is 0.673. The number of nitrogens with zero attached hydrogens (tertiary/aromatic N) is 3. The van der Waals surface area contributed by atoms with Crippen molar-refractivity contribution in [1.82, 2.24) is 9.94 Å². The molecule has 0 radical (unpaired) electrons. The van der Waals surface area contributed by atoms with Crippen molar-refractivity contribution in [1.29, 1.82) is 5.26 Å². The van der Waals surface area contributed by atoms with Gasteiger partial charge in [0.05, 0.1) is 11.8 Å². The molecule has 0 bridgehead atoms. The van der Waals surface area contributed by atoms with E-state index in [4.69, 9.17) is 15.2 Å². The molecule has 0 amide bonds. The minimum Gasteiger partial charge on any atom is -0.471 e. The molecule has 116 valence electrons. The van der Waals surface area contributed by atoms with E-state index in [-0.39, 0.29) is 17.2 Å². The number of ether oxygens (including phenoxy) is 3. The maximum absolute atomic E-state index is 12.4. The van der Waals surface area contributed by atoms with E-state index >= 15 is 0 Å². The SMILES string of the molecule is N#COc1cccc(OC(F)(F)F)c1COc1ccn(O)n1. The molecule has 0 saturated carbocycles. The minimum atomic E-state index is -4.91. The second kappa shape index (κ2) is 6.13. The standard InChI is InChI=1S/C12H8F3N3O4/c13-12(14,15)22-10-3-1-2-9(21-7-16)8(10)6-20-11-4-5-18(19)17-11/h1-5,19H,6H2. The summed E-state index contributed by atoms with van der Waals surface area (Å²) in [5.74, 6) is -0.747. The summed E-state index contributed by atoms with van der Waals surface area (Å²) >= 11 is 0. The first-order valence-electron chi connectivity index (χ1n) is 5.70. The first-order chi connectivity index (χ1) is 10.4. The molecule has 1 heterocycles. The number of nitriles is 1. The van der Waals surface area contributed by atoms with Crippen molar-refractivity contribution in [3.63, 3.8) is 0 Å². The smallest absolute Gasteiger partial charge is 0.471 e. The van der Waals surface area contributed by atoms with Crippen molar-refractivity contribution in [3.05, 3.63) is 36.0 Å². The number of halogens is 3. The van der Waals surface area contributed by atoms with Gasteiger partial charge in [0.2, 0.25) is 5.88 Å². The zero-order valence-corrected chi connectivity index (χ0v) is 10.7. The Labute approximate surface area is 121 Å². The molecular formula is C12H8F3N3O4. The summed E-state index contributed by atoms with van der Waals surface area (Å²) in [5.41, 5.74) is -0.131. The van der Waals surface area contributed by atoms with Gasteiger partial charge in [0, 0.05) is 6.07 Å². The Bertz CT molecular complexity index is 694. The highest BCUT2D eigenvalue weighted by Gasteiger charge is 2.33. The average Bonchev–Trinajstić information content (AvgIpc) is 2.82. The monoisotopic (exact) mass is 315 g/mol. The summed E-state index contributed by atoms with van der Waals surface area (Å²) in [6.07, 6.45) is -2.38. The lowest BCUT2D eigenvalue weighted by molar-refractivity contribution is -0.275. The van der Waals surface area contributed by atoms with Crippen molar-refractivity contribution < 1.29 is 32.6 Å². The summed E-state index contributed by atoms with van der Waals surface area (Å²) < 4.78 is 50.7. The maximum atomic E-state index is 12.4. The first kappa shape index (κ1) is 15.3. The van der Waals surface area contributed by atoms with Gasteiger partial charge in [-0.15, -0.1) is 23.3 Å². The Morgan fingerprint density at radius 1 is 1.27 bits per heavy atom. The molecule has 7 nitrogen and oxygen atoms in total. The third-order valence-electron chi connectivity index (χ3n) is 2.39. The largest absolute Gasteiger partial charge is 0.573 e. The van der Waals surface area contributed by atoms with Crippen molar-refractivity contribution in [2.24, 2.45) is 0 Å². The molecule has 1 aromatic heterocycles. The fourth-order valence-electron chi connectivity index (χ4n) is 1.57. The van der Waals surface area contributed by atoms with Crippen LogP contribution in [-0.2, 0) is 6.61 Å². The van der Waals surface area contributed by atoms with E-state index in [9.17, 15) is 13.2 Å². The highest BCUT2D eigenvalue weighted by atomic mass is 19.4. The summed E-state index contributed by atoms with van der Waals surface area (Å²) in [7, 11) is 0. The van der Waals surface area contributed by atoms with E-state index in [0.717, 1.165) is 6.07 Å². The topological polar surface area (TPSA) is 89.5 Å². The molecule has 0 saturated heterocycles. The molecular weight excluding hydrogens is 307 g/mol. The van der Waals surface area contributed by atoms with Crippen LogP contribution in [0.15, 0.2) is 30.5 Å². The highest BCUT2D eigenvalue weighted by molar-refractivity contribution is 5.45. The number of benzene rings is 1. The van der Waals surface area contributed by atoms with Gasteiger partial charge in [-0.25, -0.2) is 0 Å². The van der Waals surface area contributed by atoms with Crippen LogP contribution in [0.2, 0.25) is 0 Å². The number of aromatic nitrogens is 2. The number of hydrogen-bond acceptors (Lipinski definition) is 6. The zero-order valence-electron chi connectivity index (χ0n) is 10.7. The fraction of sp³-hybridized carbons (Fsp3) is 0.167. The second-order valence-corrected chi connectivity index (χ2v) is 3.84. The van der Waals surface area contributed by atoms with Gasteiger partial charge in [-0.2, -0.15) is 0 Å². The predicted molar refractivity (Wildman–Crippen MR) is 63.1 cm³/mol. The molecule has 1 N–H and O–H groups in total. The normalized spacial score (nSPS) is 10.8. The second-order valence-electron chi connectivity index (χ2n) is 3.84. The highest BCUT2D eigenvalue weighted by Crippen LogP contribution is 2.33. The number of alkyl halides is 3. The molecule has 0 aliphatic carbocycles. The van der Waals surface area contributed by atoms with Crippen LogP contribution in [-0.4, -0.2) is 21.5 Å². The Kier molecular flexibility index (Phi) is 4.26. The van der Waals surface area contributed by atoms with Gasteiger partial charge in [0.1, 0.15) is 12.4 Å². The Balaban J connectivity index is 2.26. The number of hydrogen-bond donors (Lipinski definition) is 1. The first-order valence-corrected chi connectivity index (χ1v) is 5.70. The van der Waals surface area contributed by atoms with Crippen LogP contribution in [0.5, 0.6) is 17.4 Å². The maximum Gasteiger partial charge on any atom is 0.573 e. The molecule has 0 atom stereocenters. The number of rotatable bonds is 5. The minimum absolute atomic E-state index is 0.0350. The molecule has 0 aliphatic heterocycles. The molecule has 22 heavy (non-hydrogen) atoms. The summed E-state index contributed by atoms with van der Waals surface area (Å²) in [5, 5.41) is 21.0. The molecule has 2 aromatic rings. The average molecular weight is 315 g/mol.